The van der Waals surface area contributed by atoms with E-state index in [2.05, 4.69) is 18.3 Å². The van der Waals surface area contributed by atoms with Gasteiger partial charge in [-0.25, -0.2) is 0 Å². The topological polar surface area (TPSA) is 35.8 Å². The molecule has 0 radical (unpaired) electrons. The second kappa shape index (κ2) is 5.99. The van der Waals surface area contributed by atoms with Crippen molar-refractivity contribution in [2.75, 3.05) is 7.05 Å². The minimum absolute atomic E-state index is 0.224. The molecule has 0 spiro atoms. The second-order valence-corrected chi connectivity index (χ2v) is 3.48. The van der Waals surface area contributed by atoms with Crippen LogP contribution in [0, 0.1) is 17.2 Å². The SMILES string of the molecule is CC.CNC1(C#N)CCCCC1C. The fourth-order valence-corrected chi connectivity index (χ4v) is 1.94. The Morgan fingerprint density at radius 1 is 1.38 bits per heavy atom. The first-order valence-electron chi connectivity index (χ1n) is 5.35. The molecular formula is C11H22N2. The highest BCUT2D eigenvalue weighted by atomic mass is 14.9. The van der Waals surface area contributed by atoms with Crippen molar-refractivity contribution < 1.29 is 0 Å². The third-order valence-corrected chi connectivity index (χ3v) is 2.95. The van der Waals surface area contributed by atoms with Crippen molar-refractivity contribution in [1.29, 1.82) is 5.26 Å². The molecule has 1 N–H and O–H groups in total. The van der Waals surface area contributed by atoms with Gasteiger partial charge in [0.15, 0.2) is 0 Å². The van der Waals surface area contributed by atoms with Crippen molar-refractivity contribution in [1.82, 2.24) is 5.32 Å². The van der Waals surface area contributed by atoms with E-state index in [0.29, 0.717) is 5.92 Å². The van der Waals surface area contributed by atoms with Gasteiger partial charge in [0.1, 0.15) is 5.54 Å². The zero-order valence-corrected chi connectivity index (χ0v) is 9.35. The van der Waals surface area contributed by atoms with Crippen LogP contribution in [0.25, 0.3) is 0 Å². The molecule has 0 heterocycles. The van der Waals surface area contributed by atoms with Gasteiger partial charge in [-0.3, -0.25) is 0 Å². The summed E-state index contributed by atoms with van der Waals surface area (Å²) in [5, 5.41) is 12.2. The Hall–Kier alpha value is -0.550. The van der Waals surface area contributed by atoms with Crippen LogP contribution >= 0.6 is 0 Å². The molecule has 0 aliphatic heterocycles. The lowest BCUT2D eigenvalue weighted by molar-refractivity contribution is 0.225. The fourth-order valence-electron chi connectivity index (χ4n) is 1.94. The second-order valence-electron chi connectivity index (χ2n) is 3.48. The molecule has 1 aliphatic rings. The normalized spacial score (nSPS) is 32.7. The molecule has 0 amide bonds. The maximum absolute atomic E-state index is 9.00. The lowest BCUT2D eigenvalue weighted by atomic mass is 9.75. The van der Waals surface area contributed by atoms with Gasteiger partial charge in [0.2, 0.25) is 0 Å². The summed E-state index contributed by atoms with van der Waals surface area (Å²) >= 11 is 0. The van der Waals surface area contributed by atoms with Gasteiger partial charge in [-0.2, -0.15) is 5.26 Å². The van der Waals surface area contributed by atoms with E-state index in [1.54, 1.807) is 0 Å². The number of nitrogens with one attached hydrogen (secondary N) is 1. The molecule has 0 aromatic rings. The van der Waals surface area contributed by atoms with Gasteiger partial charge in [0.25, 0.3) is 0 Å². The molecule has 0 aromatic carbocycles. The Morgan fingerprint density at radius 2 is 2.00 bits per heavy atom. The van der Waals surface area contributed by atoms with Gasteiger partial charge < -0.3 is 5.32 Å². The van der Waals surface area contributed by atoms with Gasteiger partial charge in [-0.15, -0.1) is 0 Å². The number of rotatable bonds is 1. The summed E-state index contributed by atoms with van der Waals surface area (Å²) in [5.41, 5.74) is -0.224. The smallest absolute Gasteiger partial charge is 0.109 e. The molecule has 1 fully saturated rings. The van der Waals surface area contributed by atoms with Crippen molar-refractivity contribution in [2.45, 2.75) is 52.0 Å². The standard InChI is InChI=1S/C9H16N2.C2H6/c1-8-5-3-4-6-9(8,7-10)11-2;1-2/h8,11H,3-6H2,1-2H3;1-2H3. The molecule has 76 valence electrons. The number of nitriles is 1. The van der Waals surface area contributed by atoms with Crippen LogP contribution in [0.15, 0.2) is 0 Å². The molecule has 2 unspecified atom stereocenters. The number of nitrogens with zero attached hydrogens (tertiary/aromatic N) is 1. The van der Waals surface area contributed by atoms with E-state index in [1.807, 2.05) is 20.9 Å². The van der Waals surface area contributed by atoms with Gasteiger partial charge in [-0.1, -0.05) is 33.6 Å². The van der Waals surface area contributed by atoms with Crippen LogP contribution in [0.4, 0.5) is 0 Å². The number of hydrogen-bond acceptors (Lipinski definition) is 2. The van der Waals surface area contributed by atoms with E-state index < -0.39 is 0 Å². The van der Waals surface area contributed by atoms with Crippen LogP contribution in [-0.4, -0.2) is 12.6 Å². The van der Waals surface area contributed by atoms with Crippen molar-refractivity contribution in [3.05, 3.63) is 0 Å². The zero-order valence-electron chi connectivity index (χ0n) is 9.35. The Labute approximate surface area is 82.3 Å². The highest BCUT2D eigenvalue weighted by molar-refractivity contribution is 5.10. The molecule has 0 saturated heterocycles. The average Bonchev–Trinajstić information content (AvgIpc) is 2.22. The molecule has 2 nitrogen and oxygen atoms in total. The van der Waals surface area contributed by atoms with Gasteiger partial charge >= 0.3 is 0 Å². The van der Waals surface area contributed by atoms with E-state index in [4.69, 9.17) is 5.26 Å². The van der Waals surface area contributed by atoms with E-state index in [9.17, 15) is 0 Å². The summed E-state index contributed by atoms with van der Waals surface area (Å²) in [7, 11) is 1.89. The summed E-state index contributed by atoms with van der Waals surface area (Å²) in [5.74, 6) is 0.506. The lowest BCUT2D eigenvalue weighted by Gasteiger charge is -2.36. The Morgan fingerprint density at radius 3 is 2.31 bits per heavy atom. The minimum atomic E-state index is -0.224. The molecule has 1 saturated carbocycles. The largest absolute Gasteiger partial charge is 0.302 e. The van der Waals surface area contributed by atoms with Crippen molar-refractivity contribution in [3.63, 3.8) is 0 Å². The molecule has 1 rings (SSSR count). The Balaban J connectivity index is 0.000000671. The van der Waals surface area contributed by atoms with Crippen LogP contribution in [0.5, 0.6) is 0 Å². The van der Waals surface area contributed by atoms with Crippen molar-refractivity contribution in [2.24, 2.45) is 5.92 Å². The molecule has 1 aliphatic carbocycles. The van der Waals surface area contributed by atoms with E-state index >= 15 is 0 Å². The van der Waals surface area contributed by atoms with Crippen LogP contribution in [0.3, 0.4) is 0 Å². The molecular weight excluding hydrogens is 160 g/mol. The molecule has 0 bridgehead atoms. The molecule has 2 heteroatoms. The molecule has 0 aromatic heterocycles. The highest BCUT2D eigenvalue weighted by Crippen LogP contribution is 2.32. The summed E-state index contributed by atoms with van der Waals surface area (Å²) < 4.78 is 0. The minimum Gasteiger partial charge on any atom is -0.302 e. The van der Waals surface area contributed by atoms with Crippen LogP contribution in [0.1, 0.15) is 46.5 Å². The summed E-state index contributed by atoms with van der Waals surface area (Å²) in [6, 6.07) is 2.41. The maximum Gasteiger partial charge on any atom is 0.109 e. The van der Waals surface area contributed by atoms with Crippen molar-refractivity contribution in [3.8, 4) is 6.07 Å². The fraction of sp³-hybridized carbons (Fsp3) is 0.909. The van der Waals surface area contributed by atoms with Crippen LogP contribution in [0.2, 0.25) is 0 Å². The summed E-state index contributed by atoms with van der Waals surface area (Å²) in [4.78, 5) is 0. The highest BCUT2D eigenvalue weighted by Gasteiger charge is 2.36. The third-order valence-electron chi connectivity index (χ3n) is 2.95. The van der Waals surface area contributed by atoms with Gasteiger partial charge in [-0.05, 0) is 25.8 Å². The Kier molecular flexibility index (Phi) is 5.73. The molecule has 2 atom stereocenters. The lowest BCUT2D eigenvalue weighted by Crippen LogP contribution is -2.49. The zero-order chi connectivity index (χ0) is 10.3. The van der Waals surface area contributed by atoms with Crippen LogP contribution in [-0.2, 0) is 0 Å². The average molecular weight is 182 g/mol. The first kappa shape index (κ1) is 12.4. The summed E-state index contributed by atoms with van der Waals surface area (Å²) in [6.07, 6.45) is 4.68. The first-order chi connectivity index (χ1) is 6.25. The van der Waals surface area contributed by atoms with E-state index in [1.165, 1.54) is 19.3 Å². The van der Waals surface area contributed by atoms with E-state index in [0.717, 1.165) is 6.42 Å². The van der Waals surface area contributed by atoms with Crippen LogP contribution < -0.4 is 5.32 Å². The summed E-state index contributed by atoms with van der Waals surface area (Å²) in [6.45, 7) is 6.17. The van der Waals surface area contributed by atoms with Gasteiger partial charge in [0.05, 0.1) is 6.07 Å². The third kappa shape index (κ3) is 2.70. The predicted molar refractivity (Wildman–Crippen MR) is 56.4 cm³/mol. The Bertz CT molecular complexity index is 171. The van der Waals surface area contributed by atoms with Crippen molar-refractivity contribution >= 4 is 0 Å². The first-order valence-corrected chi connectivity index (χ1v) is 5.35. The quantitative estimate of drug-likeness (QED) is 0.676. The molecule has 13 heavy (non-hydrogen) atoms. The number of hydrogen-bond donors (Lipinski definition) is 1. The predicted octanol–water partition coefficient (Wildman–Crippen LogP) is 2.70. The monoisotopic (exact) mass is 182 g/mol. The maximum atomic E-state index is 9.00. The van der Waals surface area contributed by atoms with Gasteiger partial charge in [0, 0.05) is 0 Å². The van der Waals surface area contributed by atoms with E-state index in [-0.39, 0.29) is 5.54 Å².